The molecule has 2 rings (SSSR count). The van der Waals surface area contributed by atoms with Crippen molar-refractivity contribution in [1.29, 1.82) is 0 Å². The average molecular weight is 218 g/mol. The van der Waals surface area contributed by atoms with E-state index in [1.54, 1.807) is 0 Å². The van der Waals surface area contributed by atoms with E-state index in [0.717, 1.165) is 31.0 Å². The molecule has 0 radical (unpaired) electrons. The molecule has 0 aliphatic rings. The number of fused-ring (bicyclic) bond motifs is 1. The van der Waals surface area contributed by atoms with E-state index in [-0.39, 0.29) is 0 Å². The van der Waals surface area contributed by atoms with Crippen molar-refractivity contribution in [3.05, 3.63) is 30.2 Å². The third kappa shape index (κ3) is 2.58. The number of aromatic nitrogens is 3. The van der Waals surface area contributed by atoms with Gasteiger partial charge in [-0.15, -0.1) is 10.2 Å². The first-order chi connectivity index (χ1) is 7.77. The second kappa shape index (κ2) is 5.07. The molecule has 0 saturated heterocycles. The quantitative estimate of drug-likeness (QED) is 0.774. The molecule has 0 fully saturated rings. The van der Waals surface area contributed by atoms with Gasteiger partial charge in [0.25, 0.3) is 0 Å². The molecule has 0 atom stereocenters. The van der Waals surface area contributed by atoms with Gasteiger partial charge >= 0.3 is 0 Å². The molecule has 0 saturated carbocycles. The monoisotopic (exact) mass is 218 g/mol. The minimum Gasteiger partial charge on any atom is -0.316 e. The summed E-state index contributed by atoms with van der Waals surface area (Å²) < 4.78 is 2.04. The zero-order chi connectivity index (χ0) is 11.4. The van der Waals surface area contributed by atoms with Crippen LogP contribution in [0.1, 0.15) is 19.7 Å². The van der Waals surface area contributed by atoms with Gasteiger partial charge in [0.2, 0.25) is 0 Å². The number of rotatable bonds is 5. The molecule has 0 aliphatic heterocycles. The summed E-state index contributed by atoms with van der Waals surface area (Å²) in [5, 5.41) is 11.7. The smallest absolute Gasteiger partial charge is 0.160 e. The Hall–Kier alpha value is -1.42. The lowest BCUT2D eigenvalue weighted by molar-refractivity contribution is 0.549. The van der Waals surface area contributed by atoms with E-state index in [2.05, 4.69) is 29.4 Å². The van der Waals surface area contributed by atoms with Gasteiger partial charge in [-0.1, -0.05) is 19.9 Å². The van der Waals surface area contributed by atoms with E-state index in [9.17, 15) is 0 Å². The van der Waals surface area contributed by atoms with Gasteiger partial charge < -0.3 is 5.32 Å². The molecule has 2 aromatic rings. The zero-order valence-corrected chi connectivity index (χ0v) is 9.85. The molecule has 0 spiro atoms. The first kappa shape index (κ1) is 11.1. The van der Waals surface area contributed by atoms with E-state index >= 15 is 0 Å². The van der Waals surface area contributed by atoms with Gasteiger partial charge in [0.05, 0.1) is 0 Å². The highest BCUT2D eigenvalue weighted by atomic mass is 15.2. The highest BCUT2D eigenvalue weighted by molar-refractivity contribution is 5.36. The van der Waals surface area contributed by atoms with E-state index in [0.29, 0.717) is 5.92 Å². The van der Waals surface area contributed by atoms with Crippen molar-refractivity contribution in [2.45, 2.75) is 20.3 Å². The number of pyridine rings is 1. The van der Waals surface area contributed by atoms with Crippen LogP contribution in [0.2, 0.25) is 0 Å². The summed E-state index contributed by atoms with van der Waals surface area (Å²) in [6, 6.07) is 5.95. The fourth-order valence-electron chi connectivity index (χ4n) is 1.65. The second-order valence-corrected chi connectivity index (χ2v) is 4.39. The van der Waals surface area contributed by atoms with Crippen molar-refractivity contribution in [3.63, 3.8) is 0 Å². The molecule has 0 amide bonds. The molecule has 1 N–H and O–H groups in total. The molecule has 86 valence electrons. The van der Waals surface area contributed by atoms with Crippen LogP contribution in [0, 0.1) is 5.92 Å². The largest absolute Gasteiger partial charge is 0.316 e. The minimum atomic E-state index is 0.690. The lowest BCUT2D eigenvalue weighted by Crippen LogP contribution is -2.22. The SMILES string of the molecule is CC(C)CNCCc1nnc2ccccn12. The summed E-state index contributed by atoms with van der Waals surface area (Å²) in [7, 11) is 0. The molecule has 4 nitrogen and oxygen atoms in total. The maximum Gasteiger partial charge on any atom is 0.160 e. The first-order valence-electron chi connectivity index (χ1n) is 5.76. The number of hydrogen-bond donors (Lipinski definition) is 1. The topological polar surface area (TPSA) is 42.2 Å². The predicted molar refractivity (Wildman–Crippen MR) is 64.4 cm³/mol. The Balaban J connectivity index is 1.94. The minimum absolute atomic E-state index is 0.690. The zero-order valence-electron chi connectivity index (χ0n) is 9.85. The Morgan fingerprint density at radius 2 is 2.19 bits per heavy atom. The summed E-state index contributed by atoms with van der Waals surface area (Å²) in [5.41, 5.74) is 0.918. The lowest BCUT2D eigenvalue weighted by atomic mass is 10.2. The summed E-state index contributed by atoms with van der Waals surface area (Å²) in [4.78, 5) is 0. The standard InChI is InChI=1S/C12H18N4/c1-10(2)9-13-7-6-12-15-14-11-5-3-4-8-16(11)12/h3-5,8,10,13H,6-7,9H2,1-2H3. The molecule has 16 heavy (non-hydrogen) atoms. The molecule has 2 heterocycles. The van der Waals surface area contributed by atoms with Crippen molar-refractivity contribution in [2.75, 3.05) is 13.1 Å². The Kier molecular flexibility index (Phi) is 3.51. The van der Waals surface area contributed by atoms with Crippen molar-refractivity contribution in [2.24, 2.45) is 5.92 Å². The molecular formula is C12H18N4. The van der Waals surface area contributed by atoms with Crippen LogP contribution in [0.4, 0.5) is 0 Å². The van der Waals surface area contributed by atoms with Crippen molar-refractivity contribution in [1.82, 2.24) is 19.9 Å². The second-order valence-electron chi connectivity index (χ2n) is 4.39. The van der Waals surface area contributed by atoms with E-state index < -0.39 is 0 Å². The van der Waals surface area contributed by atoms with Crippen LogP contribution >= 0.6 is 0 Å². The summed E-state index contributed by atoms with van der Waals surface area (Å²) >= 11 is 0. The van der Waals surface area contributed by atoms with Gasteiger partial charge in [-0.05, 0) is 24.6 Å². The molecule has 0 bridgehead atoms. The van der Waals surface area contributed by atoms with Crippen molar-refractivity contribution >= 4 is 5.65 Å². The Bertz CT molecular complexity index is 447. The van der Waals surface area contributed by atoms with Crippen LogP contribution in [0.15, 0.2) is 24.4 Å². The number of nitrogens with one attached hydrogen (secondary N) is 1. The summed E-state index contributed by atoms with van der Waals surface area (Å²) in [6.07, 6.45) is 2.92. The van der Waals surface area contributed by atoms with Crippen LogP contribution < -0.4 is 5.32 Å². The van der Waals surface area contributed by atoms with Crippen LogP contribution in [0.5, 0.6) is 0 Å². The van der Waals surface area contributed by atoms with Gasteiger partial charge in [-0.3, -0.25) is 4.40 Å². The van der Waals surface area contributed by atoms with Crippen molar-refractivity contribution in [3.8, 4) is 0 Å². The highest BCUT2D eigenvalue weighted by Crippen LogP contribution is 2.02. The number of hydrogen-bond acceptors (Lipinski definition) is 3. The van der Waals surface area contributed by atoms with E-state index in [1.807, 2.05) is 28.8 Å². The van der Waals surface area contributed by atoms with Gasteiger partial charge in [0.1, 0.15) is 5.82 Å². The molecule has 2 aromatic heterocycles. The van der Waals surface area contributed by atoms with E-state index in [4.69, 9.17) is 0 Å². The fraction of sp³-hybridized carbons (Fsp3) is 0.500. The van der Waals surface area contributed by atoms with Gasteiger partial charge in [0, 0.05) is 19.2 Å². The van der Waals surface area contributed by atoms with Crippen LogP contribution in [-0.4, -0.2) is 27.7 Å². The summed E-state index contributed by atoms with van der Waals surface area (Å²) in [6.45, 7) is 6.42. The highest BCUT2D eigenvalue weighted by Gasteiger charge is 2.03. The molecule has 4 heteroatoms. The van der Waals surface area contributed by atoms with E-state index in [1.165, 1.54) is 0 Å². The van der Waals surface area contributed by atoms with Gasteiger partial charge in [-0.25, -0.2) is 0 Å². The maximum absolute atomic E-state index is 4.18. The number of nitrogens with zero attached hydrogens (tertiary/aromatic N) is 3. The molecule has 0 aromatic carbocycles. The van der Waals surface area contributed by atoms with Gasteiger partial charge in [-0.2, -0.15) is 0 Å². The Labute approximate surface area is 95.7 Å². The first-order valence-corrected chi connectivity index (χ1v) is 5.76. The van der Waals surface area contributed by atoms with Crippen molar-refractivity contribution < 1.29 is 0 Å². The maximum atomic E-state index is 4.18. The molecule has 0 unspecified atom stereocenters. The molecular weight excluding hydrogens is 200 g/mol. The van der Waals surface area contributed by atoms with Crippen LogP contribution in [0.25, 0.3) is 5.65 Å². The third-order valence-electron chi connectivity index (χ3n) is 2.46. The van der Waals surface area contributed by atoms with Gasteiger partial charge in [0.15, 0.2) is 5.65 Å². The molecule has 0 aliphatic carbocycles. The average Bonchev–Trinajstić information content (AvgIpc) is 2.68. The summed E-state index contributed by atoms with van der Waals surface area (Å²) in [5.74, 6) is 1.71. The van der Waals surface area contributed by atoms with Crippen LogP contribution in [0.3, 0.4) is 0 Å². The van der Waals surface area contributed by atoms with Crippen LogP contribution in [-0.2, 0) is 6.42 Å². The fourth-order valence-corrected chi connectivity index (χ4v) is 1.65. The Morgan fingerprint density at radius 1 is 1.31 bits per heavy atom. The third-order valence-corrected chi connectivity index (χ3v) is 2.46. The normalized spacial score (nSPS) is 11.4. The lowest BCUT2D eigenvalue weighted by Gasteiger charge is -2.06. The predicted octanol–water partition coefficient (Wildman–Crippen LogP) is 1.52. The Morgan fingerprint density at radius 3 is 3.00 bits per heavy atom.